The Kier molecular flexibility index (Phi) is 4.79. The predicted molar refractivity (Wildman–Crippen MR) is 72.9 cm³/mol. The molecule has 2 rings (SSSR count). The maximum atomic E-state index is 8.93. The first-order valence-electron chi connectivity index (χ1n) is 5.74. The van der Waals surface area contributed by atoms with Gasteiger partial charge < -0.3 is 9.47 Å². The van der Waals surface area contributed by atoms with Gasteiger partial charge in [-0.25, -0.2) is 0 Å². The van der Waals surface area contributed by atoms with Gasteiger partial charge in [0.05, 0.1) is 12.2 Å². The topological polar surface area (TPSA) is 42.2 Å². The molecule has 0 aromatic heterocycles. The summed E-state index contributed by atoms with van der Waals surface area (Å²) in [6.07, 6.45) is 0. The lowest BCUT2D eigenvalue weighted by Crippen LogP contribution is -2.04. The highest BCUT2D eigenvalue weighted by atomic mass is 35.5. The van der Waals surface area contributed by atoms with Crippen LogP contribution in [0.1, 0.15) is 11.1 Å². The summed E-state index contributed by atoms with van der Waals surface area (Å²) in [5.41, 5.74) is 1.51. The van der Waals surface area contributed by atoms with Gasteiger partial charge >= 0.3 is 0 Å². The van der Waals surface area contributed by atoms with Crippen LogP contribution in [0.15, 0.2) is 48.5 Å². The van der Waals surface area contributed by atoms with Crippen LogP contribution in [-0.4, -0.2) is 6.79 Å². The van der Waals surface area contributed by atoms with E-state index in [0.29, 0.717) is 22.9 Å². The van der Waals surface area contributed by atoms with Gasteiger partial charge in [0.25, 0.3) is 0 Å². The summed E-state index contributed by atoms with van der Waals surface area (Å²) in [6.45, 7) is 0.535. The van der Waals surface area contributed by atoms with Gasteiger partial charge in [-0.2, -0.15) is 5.26 Å². The van der Waals surface area contributed by atoms with Crippen molar-refractivity contribution in [3.05, 3.63) is 64.7 Å². The lowest BCUT2D eigenvalue weighted by Gasteiger charge is -2.09. The van der Waals surface area contributed by atoms with Crippen LogP contribution in [0.2, 0.25) is 5.02 Å². The fourth-order valence-electron chi connectivity index (χ4n) is 1.55. The number of nitrogens with zero attached hydrogens (tertiary/aromatic N) is 1. The van der Waals surface area contributed by atoms with E-state index in [1.54, 1.807) is 18.2 Å². The van der Waals surface area contributed by atoms with Crippen molar-refractivity contribution in [2.24, 2.45) is 0 Å². The van der Waals surface area contributed by atoms with Crippen molar-refractivity contribution in [2.45, 2.75) is 6.61 Å². The molecule has 0 atom stereocenters. The molecule has 0 spiro atoms. The summed E-state index contributed by atoms with van der Waals surface area (Å²) >= 11 is 5.85. The minimum Gasteiger partial charge on any atom is -0.466 e. The molecular formula is C15H12ClNO2. The quantitative estimate of drug-likeness (QED) is 0.615. The average molecular weight is 274 g/mol. The molecule has 4 heteroatoms. The molecule has 0 saturated carbocycles. The first-order chi connectivity index (χ1) is 9.29. The highest BCUT2D eigenvalue weighted by Crippen LogP contribution is 2.22. The summed E-state index contributed by atoms with van der Waals surface area (Å²) in [5, 5.41) is 9.46. The minimum atomic E-state index is 0.0733. The SMILES string of the molecule is N#Cc1ccc(Cl)cc1OCOCc1ccccc1. The molecule has 96 valence electrons. The Morgan fingerprint density at radius 2 is 1.89 bits per heavy atom. The Balaban J connectivity index is 1.86. The molecule has 3 nitrogen and oxygen atoms in total. The molecule has 0 bridgehead atoms. The van der Waals surface area contributed by atoms with Crippen molar-refractivity contribution in [3.63, 3.8) is 0 Å². The maximum Gasteiger partial charge on any atom is 0.189 e. The van der Waals surface area contributed by atoms with Crippen molar-refractivity contribution >= 4 is 11.6 Å². The van der Waals surface area contributed by atoms with Crippen LogP contribution in [-0.2, 0) is 11.3 Å². The Hall–Kier alpha value is -2.02. The second-order valence-electron chi connectivity index (χ2n) is 3.85. The van der Waals surface area contributed by atoms with E-state index in [9.17, 15) is 0 Å². The molecule has 0 amide bonds. The third kappa shape index (κ3) is 3.99. The molecule has 0 aliphatic carbocycles. The first-order valence-corrected chi connectivity index (χ1v) is 6.11. The lowest BCUT2D eigenvalue weighted by atomic mass is 10.2. The van der Waals surface area contributed by atoms with E-state index in [4.69, 9.17) is 26.3 Å². The van der Waals surface area contributed by atoms with E-state index in [1.807, 2.05) is 36.4 Å². The largest absolute Gasteiger partial charge is 0.466 e. The molecule has 2 aromatic carbocycles. The van der Waals surface area contributed by atoms with Crippen LogP contribution < -0.4 is 4.74 Å². The zero-order valence-corrected chi connectivity index (χ0v) is 10.9. The van der Waals surface area contributed by atoms with E-state index in [0.717, 1.165) is 5.56 Å². The predicted octanol–water partition coefficient (Wildman–Crippen LogP) is 3.76. The number of benzene rings is 2. The van der Waals surface area contributed by atoms with Crippen LogP contribution in [0.25, 0.3) is 0 Å². The zero-order chi connectivity index (χ0) is 13.5. The van der Waals surface area contributed by atoms with Crippen LogP contribution in [0.5, 0.6) is 5.75 Å². The maximum absolute atomic E-state index is 8.93. The zero-order valence-electron chi connectivity index (χ0n) is 10.2. The number of halogens is 1. The minimum absolute atomic E-state index is 0.0733. The Bertz CT molecular complexity index is 578. The molecule has 0 saturated heterocycles. The van der Waals surface area contributed by atoms with Crippen molar-refractivity contribution in [3.8, 4) is 11.8 Å². The van der Waals surface area contributed by atoms with Crippen molar-refractivity contribution in [1.82, 2.24) is 0 Å². The van der Waals surface area contributed by atoms with Gasteiger partial charge in [-0.05, 0) is 17.7 Å². The fraction of sp³-hybridized carbons (Fsp3) is 0.133. The van der Waals surface area contributed by atoms with E-state index in [1.165, 1.54) is 0 Å². The second-order valence-corrected chi connectivity index (χ2v) is 4.28. The number of rotatable bonds is 5. The highest BCUT2D eigenvalue weighted by molar-refractivity contribution is 6.30. The van der Waals surface area contributed by atoms with Crippen LogP contribution in [0, 0.1) is 11.3 Å². The standard InChI is InChI=1S/C15H12ClNO2/c16-14-7-6-13(9-17)15(8-14)19-11-18-10-12-4-2-1-3-5-12/h1-8H,10-11H2. The van der Waals surface area contributed by atoms with Gasteiger partial charge in [0.2, 0.25) is 0 Å². The summed E-state index contributed by atoms with van der Waals surface area (Å²) in [5.74, 6) is 0.433. The average Bonchev–Trinajstić information content (AvgIpc) is 2.45. The molecule has 2 aromatic rings. The molecular weight excluding hydrogens is 262 g/mol. The van der Waals surface area contributed by atoms with Gasteiger partial charge in [0.15, 0.2) is 6.79 Å². The Morgan fingerprint density at radius 3 is 2.63 bits per heavy atom. The lowest BCUT2D eigenvalue weighted by molar-refractivity contribution is 0.00490. The van der Waals surface area contributed by atoms with E-state index in [-0.39, 0.29) is 6.79 Å². The molecule has 0 fully saturated rings. The van der Waals surface area contributed by atoms with Crippen molar-refractivity contribution in [2.75, 3.05) is 6.79 Å². The van der Waals surface area contributed by atoms with Gasteiger partial charge in [-0.3, -0.25) is 0 Å². The summed E-state index contributed by atoms with van der Waals surface area (Å²) in [7, 11) is 0. The van der Waals surface area contributed by atoms with E-state index < -0.39 is 0 Å². The monoisotopic (exact) mass is 273 g/mol. The third-order valence-electron chi connectivity index (χ3n) is 2.47. The van der Waals surface area contributed by atoms with Gasteiger partial charge in [0.1, 0.15) is 11.8 Å². The molecule has 0 unspecified atom stereocenters. The van der Waals surface area contributed by atoms with Crippen LogP contribution >= 0.6 is 11.6 Å². The van der Waals surface area contributed by atoms with Gasteiger partial charge in [-0.1, -0.05) is 41.9 Å². The third-order valence-corrected chi connectivity index (χ3v) is 2.71. The molecule has 0 aliphatic rings. The Labute approximate surface area is 117 Å². The van der Waals surface area contributed by atoms with Crippen molar-refractivity contribution < 1.29 is 9.47 Å². The smallest absolute Gasteiger partial charge is 0.189 e. The number of ether oxygens (including phenoxy) is 2. The molecule has 0 aliphatic heterocycles. The molecule has 0 N–H and O–H groups in total. The van der Waals surface area contributed by atoms with Gasteiger partial charge in [-0.15, -0.1) is 0 Å². The normalized spacial score (nSPS) is 9.89. The molecule has 19 heavy (non-hydrogen) atoms. The van der Waals surface area contributed by atoms with Crippen LogP contribution in [0.3, 0.4) is 0 Å². The van der Waals surface area contributed by atoms with E-state index >= 15 is 0 Å². The number of hydrogen-bond acceptors (Lipinski definition) is 3. The summed E-state index contributed by atoms with van der Waals surface area (Å²) in [6, 6.07) is 16.7. The van der Waals surface area contributed by atoms with Crippen molar-refractivity contribution in [1.29, 1.82) is 5.26 Å². The van der Waals surface area contributed by atoms with Gasteiger partial charge in [0, 0.05) is 11.1 Å². The fourth-order valence-corrected chi connectivity index (χ4v) is 1.71. The Morgan fingerprint density at radius 1 is 1.11 bits per heavy atom. The first kappa shape index (κ1) is 13.4. The molecule has 0 heterocycles. The van der Waals surface area contributed by atoms with Crippen LogP contribution in [0.4, 0.5) is 0 Å². The summed E-state index contributed by atoms with van der Waals surface area (Å²) in [4.78, 5) is 0. The van der Waals surface area contributed by atoms with E-state index in [2.05, 4.69) is 0 Å². The second kappa shape index (κ2) is 6.79. The summed E-state index contributed by atoms with van der Waals surface area (Å²) < 4.78 is 10.8. The highest BCUT2D eigenvalue weighted by Gasteiger charge is 2.04. The molecule has 0 radical (unpaired) electrons. The number of hydrogen-bond donors (Lipinski definition) is 0. The number of nitriles is 1.